The third-order valence-electron chi connectivity index (χ3n) is 3.13. The predicted molar refractivity (Wildman–Crippen MR) is 74.5 cm³/mol. The smallest absolute Gasteiger partial charge is 0.131 e. The first kappa shape index (κ1) is 12.6. The quantitative estimate of drug-likeness (QED) is 0.762. The molecule has 0 aliphatic carbocycles. The number of H-pyrrole nitrogens is 1. The Kier molecular flexibility index (Phi) is 3.10. The van der Waals surface area contributed by atoms with Crippen LogP contribution in [0.2, 0.25) is 0 Å². The fourth-order valence-electron chi connectivity index (χ4n) is 2.14. The van der Waals surface area contributed by atoms with Gasteiger partial charge in [-0.25, -0.2) is 13.8 Å². The highest BCUT2D eigenvalue weighted by molar-refractivity contribution is 5.79. The van der Waals surface area contributed by atoms with Gasteiger partial charge >= 0.3 is 0 Å². The zero-order chi connectivity index (χ0) is 14.1. The van der Waals surface area contributed by atoms with Crippen LogP contribution >= 0.6 is 0 Å². The lowest BCUT2D eigenvalue weighted by atomic mass is 10.2. The van der Waals surface area contributed by atoms with Gasteiger partial charge in [0.2, 0.25) is 0 Å². The van der Waals surface area contributed by atoms with E-state index in [1.807, 2.05) is 25.1 Å². The van der Waals surface area contributed by atoms with Crippen LogP contribution in [0.1, 0.15) is 11.4 Å². The Bertz CT molecular complexity index is 745. The second kappa shape index (κ2) is 4.92. The maximum absolute atomic E-state index is 13.5. The lowest BCUT2D eigenvalue weighted by Gasteiger charge is -2.08. The Labute approximate surface area is 114 Å². The monoisotopic (exact) mass is 273 g/mol. The van der Waals surface area contributed by atoms with Crippen LogP contribution in [0.15, 0.2) is 36.4 Å². The number of hydrogen-bond donors (Lipinski definition) is 2. The summed E-state index contributed by atoms with van der Waals surface area (Å²) < 4.78 is 27.0. The second-order valence-corrected chi connectivity index (χ2v) is 4.61. The standard InChI is InChI=1S/C15H13F2N3/c1-9-19-14-6-5-10(7-15(14)20-9)18-8-11-12(16)3-2-4-13(11)17/h2-7,18H,8H2,1H3,(H,19,20). The highest BCUT2D eigenvalue weighted by Gasteiger charge is 2.08. The van der Waals surface area contributed by atoms with E-state index in [1.54, 1.807) is 0 Å². The number of imidazole rings is 1. The van der Waals surface area contributed by atoms with Crippen molar-refractivity contribution in [1.29, 1.82) is 0 Å². The van der Waals surface area contributed by atoms with Gasteiger partial charge in [0.25, 0.3) is 0 Å². The van der Waals surface area contributed by atoms with E-state index in [2.05, 4.69) is 15.3 Å². The molecule has 102 valence electrons. The van der Waals surface area contributed by atoms with E-state index in [1.165, 1.54) is 18.2 Å². The fourth-order valence-corrected chi connectivity index (χ4v) is 2.14. The lowest BCUT2D eigenvalue weighted by Crippen LogP contribution is -2.04. The predicted octanol–water partition coefficient (Wildman–Crippen LogP) is 3.76. The van der Waals surface area contributed by atoms with Gasteiger partial charge in [0, 0.05) is 17.8 Å². The number of aromatic amines is 1. The van der Waals surface area contributed by atoms with Gasteiger partial charge in [-0.3, -0.25) is 0 Å². The van der Waals surface area contributed by atoms with Gasteiger partial charge in [-0.2, -0.15) is 0 Å². The summed E-state index contributed by atoms with van der Waals surface area (Å²) in [6.07, 6.45) is 0. The summed E-state index contributed by atoms with van der Waals surface area (Å²) in [5.41, 5.74) is 2.57. The van der Waals surface area contributed by atoms with Gasteiger partial charge in [0.15, 0.2) is 0 Å². The van der Waals surface area contributed by atoms with Crippen molar-refractivity contribution in [2.24, 2.45) is 0 Å². The van der Waals surface area contributed by atoms with E-state index in [0.29, 0.717) is 0 Å². The Morgan fingerprint density at radius 2 is 1.90 bits per heavy atom. The molecular weight excluding hydrogens is 260 g/mol. The molecule has 0 bridgehead atoms. The molecule has 0 spiro atoms. The summed E-state index contributed by atoms with van der Waals surface area (Å²) in [5.74, 6) is -0.260. The number of fused-ring (bicyclic) bond motifs is 1. The first-order valence-corrected chi connectivity index (χ1v) is 6.26. The maximum atomic E-state index is 13.5. The SMILES string of the molecule is Cc1nc2ccc(NCc3c(F)cccc3F)cc2[nH]1. The summed E-state index contributed by atoms with van der Waals surface area (Å²) in [4.78, 5) is 7.42. The van der Waals surface area contributed by atoms with Crippen LogP contribution in [-0.2, 0) is 6.54 Å². The van der Waals surface area contributed by atoms with E-state index >= 15 is 0 Å². The van der Waals surface area contributed by atoms with Crippen LogP contribution in [0.3, 0.4) is 0 Å². The molecule has 0 radical (unpaired) electrons. The number of hydrogen-bond acceptors (Lipinski definition) is 2. The molecule has 0 fully saturated rings. The third kappa shape index (κ3) is 2.34. The normalized spacial score (nSPS) is 10.9. The zero-order valence-corrected chi connectivity index (χ0v) is 10.9. The molecule has 2 N–H and O–H groups in total. The number of benzene rings is 2. The van der Waals surface area contributed by atoms with Gasteiger partial charge < -0.3 is 10.3 Å². The van der Waals surface area contributed by atoms with Crippen molar-refractivity contribution in [2.75, 3.05) is 5.32 Å². The number of nitrogens with one attached hydrogen (secondary N) is 2. The van der Waals surface area contributed by atoms with Crippen molar-refractivity contribution >= 4 is 16.7 Å². The van der Waals surface area contributed by atoms with Gasteiger partial charge in [-0.05, 0) is 37.3 Å². The minimum atomic E-state index is -0.545. The van der Waals surface area contributed by atoms with Crippen LogP contribution in [0.4, 0.5) is 14.5 Å². The van der Waals surface area contributed by atoms with Crippen molar-refractivity contribution in [3.8, 4) is 0 Å². The Hall–Kier alpha value is -2.43. The minimum Gasteiger partial charge on any atom is -0.381 e. The highest BCUT2D eigenvalue weighted by atomic mass is 19.1. The molecule has 1 heterocycles. The summed E-state index contributed by atoms with van der Waals surface area (Å²) in [6.45, 7) is 1.97. The first-order valence-electron chi connectivity index (χ1n) is 6.26. The molecule has 2 aromatic carbocycles. The second-order valence-electron chi connectivity index (χ2n) is 4.61. The van der Waals surface area contributed by atoms with E-state index in [0.717, 1.165) is 22.5 Å². The molecular formula is C15H13F2N3. The molecule has 5 heteroatoms. The fraction of sp³-hybridized carbons (Fsp3) is 0.133. The zero-order valence-electron chi connectivity index (χ0n) is 10.9. The number of halogens is 2. The van der Waals surface area contributed by atoms with Gasteiger partial charge in [-0.15, -0.1) is 0 Å². The molecule has 0 unspecified atom stereocenters. The van der Waals surface area contributed by atoms with Gasteiger partial charge in [0.1, 0.15) is 17.5 Å². The number of nitrogens with zero attached hydrogens (tertiary/aromatic N) is 1. The third-order valence-corrected chi connectivity index (χ3v) is 3.13. The molecule has 3 rings (SSSR count). The van der Waals surface area contributed by atoms with Crippen molar-refractivity contribution < 1.29 is 8.78 Å². The topological polar surface area (TPSA) is 40.7 Å². The number of anilines is 1. The molecule has 0 amide bonds. The van der Waals surface area contributed by atoms with Crippen LogP contribution in [0.25, 0.3) is 11.0 Å². The minimum absolute atomic E-state index is 0.0355. The summed E-state index contributed by atoms with van der Waals surface area (Å²) >= 11 is 0. The molecule has 0 aliphatic heterocycles. The molecule has 3 nitrogen and oxygen atoms in total. The van der Waals surface area contributed by atoms with Crippen molar-refractivity contribution in [3.05, 3.63) is 59.4 Å². The summed E-state index contributed by atoms with van der Waals surface area (Å²) in [5, 5.41) is 3.02. The van der Waals surface area contributed by atoms with Gasteiger partial charge in [-0.1, -0.05) is 6.07 Å². The van der Waals surface area contributed by atoms with E-state index in [9.17, 15) is 8.78 Å². The van der Waals surface area contributed by atoms with Crippen LogP contribution in [-0.4, -0.2) is 9.97 Å². The van der Waals surface area contributed by atoms with Crippen molar-refractivity contribution in [2.45, 2.75) is 13.5 Å². The Balaban J connectivity index is 1.83. The van der Waals surface area contributed by atoms with Gasteiger partial charge in [0.05, 0.1) is 11.0 Å². The lowest BCUT2D eigenvalue weighted by molar-refractivity contribution is 0.560. The molecule has 20 heavy (non-hydrogen) atoms. The largest absolute Gasteiger partial charge is 0.381 e. The summed E-state index contributed by atoms with van der Waals surface area (Å²) in [6, 6.07) is 9.42. The molecule has 0 aliphatic rings. The number of rotatable bonds is 3. The molecule has 3 aromatic rings. The summed E-state index contributed by atoms with van der Waals surface area (Å²) in [7, 11) is 0. The molecule has 1 aromatic heterocycles. The highest BCUT2D eigenvalue weighted by Crippen LogP contribution is 2.19. The average Bonchev–Trinajstić information content (AvgIpc) is 2.77. The van der Waals surface area contributed by atoms with E-state index in [-0.39, 0.29) is 12.1 Å². The van der Waals surface area contributed by atoms with Crippen molar-refractivity contribution in [3.63, 3.8) is 0 Å². The Morgan fingerprint density at radius 3 is 2.65 bits per heavy atom. The number of aromatic nitrogens is 2. The maximum Gasteiger partial charge on any atom is 0.131 e. The van der Waals surface area contributed by atoms with Crippen LogP contribution in [0.5, 0.6) is 0 Å². The van der Waals surface area contributed by atoms with Crippen LogP contribution < -0.4 is 5.32 Å². The number of aryl methyl sites for hydroxylation is 1. The molecule has 0 atom stereocenters. The van der Waals surface area contributed by atoms with E-state index in [4.69, 9.17) is 0 Å². The molecule has 0 saturated heterocycles. The van der Waals surface area contributed by atoms with E-state index < -0.39 is 11.6 Å². The Morgan fingerprint density at radius 1 is 1.15 bits per heavy atom. The first-order chi connectivity index (χ1) is 9.63. The average molecular weight is 273 g/mol. The van der Waals surface area contributed by atoms with Crippen LogP contribution in [0, 0.1) is 18.6 Å². The molecule has 0 saturated carbocycles. The van der Waals surface area contributed by atoms with Crippen molar-refractivity contribution in [1.82, 2.24) is 9.97 Å².